The SMILES string of the molecule is CC(/C=C/c1ccc(Cl)cc1)=N\OC(C)C(=O)NC(C)C. The Morgan fingerprint density at radius 2 is 1.90 bits per heavy atom. The van der Waals surface area contributed by atoms with Gasteiger partial charge in [-0.25, -0.2) is 0 Å². The third kappa shape index (κ3) is 6.95. The number of rotatable bonds is 6. The summed E-state index contributed by atoms with van der Waals surface area (Å²) in [6, 6.07) is 7.54. The van der Waals surface area contributed by atoms with Gasteiger partial charge in [0.2, 0.25) is 6.10 Å². The Morgan fingerprint density at radius 3 is 2.48 bits per heavy atom. The number of amides is 1. The maximum absolute atomic E-state index is 11.6. The number of hydrogen-bond donors (Lipinski definition) is 1. The molecule has 4 nitrogen and oxygen atoms in total. The fourth-order valence-corrected chi connectivity index (χ4v) is 1.56. The molecule has 0 bridgehead atoms. The number of halogens is 1. The van der Waals surface area contributed by atoms with Crippen molar-refractivity contribution in [2.75, 3.05) is 0 Å². The molecule has 1 aromatic carbocycles. The summed E-state index contributed by atoms with van der Waals surface area (Å²) in [5.41, 5.74) is 1.69. The van der Waals surface area contributed by atoms with Gasteiger partial charge in [0.15, 0.2) is 0 Å². The molecular formula is C16H21ClN2O2. The predicted octanol–water partition coefficient (Wildman–Crippen LogP) is 3.66. The maximum atomic E-state index is 11.6. The number of oxime groups is 1. The first kappa shape index (κ1) is 17.2. The van der Waals surface area contributed by atoms with E-state index in [0.29, 0.717) is 10.7 Å². The lowest BCUT2D eigenvalue weighted by atomic mass is 10.2. The van der Waals surface area contributed by atoms with Crippen molar-refractivity contribution in [3.8, 4) is 0 Å². The first-order valence-corrected chi connectivity index (χ1v) is 7.20. The molecule has 21 heavy (non-hydrogen) atoms. The molecule has 1 aromatic rings. The van der Waals surface area contributed by atoms with Crippen LogP contribution in [0.3, 0.4) is 0 Å². The first-order chi connectivity index (χ1) is 9.88. The molecule has 1 amide bonds. The Kier molecular flexibility index (Phi) is 6.96. The molecule has 114 valence electrons. The zero-order valence-electron chi connectivity index (χ0n) is 12.8. The summed E-state index contributed by atoms with van der Waals surface area (Å²) in [6.45, 7) is 7.26. The van der Waals surface area contributed by atoms with Crippen molar-refractivity contribution in [3.63, 3.8) is 0 Å². The fraction of sp³-hybridized carbons (Fsp3) is 0.375. The van der Waals surface area contributed by atoms with Crippen LogP contribution >= 0.6 is 11.6 Å². The molecule has 0 saturated carbocycles. The Bertz CT molecular complexity index is 522. The van der Waals surface area contributed by atoms with E-state index in [1.807, 2.05) is 50.3 Å². The number of nitrogens with one attached hydrogen (secondary N) is 1. The zero-order valence-corrected chi connectivity index (χ0v) is 13.5. The number of allylic oxidation sites excluding steroid dienone is 1. The topological polar surface area (TPSA) is 50.7 Å². The van der Waals surface area contributed by atoms with Crippen LogP contribution in [0.2, 0.25) is 5.02 Å². The third-order valence-corrected chi connectivity index (χ3v) is 2.79. The van der Waals surface area contributed by atoms with E-state index < -0.39 is 6.10 Å². The van der Waals surface area contributed by atoms with E-state index in [4.69, 9.17) is 16.4 Å². The summed E-state index contributed by atoms with van der Waals surface area (Å²) >= 11 is 5.82. The number of nitrogens with zero attached hydrogens (tertiary/aromatic N) is 1. The summed E-state index contributed by atoms with van der Waals surface area (Å²) in [6.07, 6.45) is 3.10. The quantitative estimate of drug-likeness (QED) is 0.644. The molecule has 1 N–H and O–H groups in total. The van der Waals surface area contributed by atoms with Gasteiger partial charge in [-0.3, -0.25) is 4.79 Å². The number of carbonyl (C=O) groups excluding carboxylic acids is 1. The van der Waals surface area contributed by atoms with Gasteiger partial charge in [0, 0.05) is 11.1 Å². The van der Waals surface area contributed by atoms with Gasteiger partial charge in [0.05, 0.1) is 5.71 Å². The van der Waals surface area contributed by atoms with Crippen LogP contribution in [0.4, 0.5) is 0 Å². The van der Waals surface area contributed by atoms with Gasteiger partial charge in [0.1, 0.15) is 0 Å². The highest BCUT2D eigenvalue weighted by Gasteiger charge is 2.14. The average molecular weight is 309 g/mol. The van der Waals surface area contributed by atoms with Gasteiger partial charge in [-0.2, -0.15) is 0 Å². The summed E-state index contributed by atoms with van der Waals surface area (Å²) in [5.74, 6) is -0.178. The van der Waals surface area contributed by atoms with Crippen molar-refractivity contribution in [1.29, 1.82) is 0 Å². The van der Waals surface area contributed by atoms with Crippen LogP contribution in [-0.4, -0.2) is 23.8 Å². The van der Waals surface area contributed by atoms with E-state index >= 15 is 0 Å². The van der Waals surface area contributed by atoms with Crippen LogP contribution in [0, 0.1) is 0 Å². The smallest absolute Gasteiger partial charge is 0.263 e. The lowest BCUT2D eigenvalue weighted by Gasteiger charge is -2.12. The summed E-state index contributed by atoms with van der Waals surface area (Å²) in [5, 5.41) is 7.39. The van der Waals surface area contributed by atoms with E-state index in [-0.39, 0.29) is 11.9 Å². The standard InChI is InChI=1S/C16H21ClN2O2/c1-11(2)18-16(20)13(4)21-19-12(3)5-6-14-7-9-15(17)10-8-14/h5-11,13H,1-4H3,(H,18,20)/b6-5+,19-12+. The number of benzene rings is 1. The van der Waals surface area contributed by atoms with Crippen LogP contribution in [0.5, 0.6) is 0 Å². The van der Waals surface area contributed by atoms with Crippen molar-refractivity contribution >= 4 is 29.3 Å². The summed E-state index contributed by atoms with van der Waals surface area (Å²) < 4.78 is 0. The lowest BCUT2D eigenvalue weighted by Crippen LogP contribution is -2.38. The van der Waals surface area contributed by atoms with E-state index in [1.54, 1.807) is 13.8 Å². The monoisotopic (exact) mass is 308 g/mol. The highest BCUT2D eigenvalue weighted by molar-refractivity contribution is 6.30. The molecule has 0 saturated heterocycles. The molecule has 0 aliphatic rings. The van der Waals surface area contributed by atoms with Crippen molar-refractivity contribution in [3.05, 3.63) is 40.9 Å². The van der Waals surface area contributed by atoms with Gasteiger partial charge in [-0.05, 0) is 51.5 Å². The fourth-order valence-electron chi connectivity index (χ4n) is 1.43. The molecule has 0 radical (unpaired) electrons. The Hall–Kier alpha value is -1.81. The molecule has 0 fully saturated rings. The predicted molar refractivity (Wildman–Crippen MR) is 87.4 cm³/mol. The van der Waals surface area contributed by atoms with Crippen molar-refractivity contribution in [1.82, 2.24) is 5.32 Å². The molecule has 1 atom stereocenters. The van der Waals surface area contributed by atoms with E-state index in [2.05, 4.69) is 10.5 Å². The lowest BCUT2D eigenvalue weighted by molar-refractivity contribution is -0.132. The summed E-state index contributed by atoms with van der Waals surface area (Å²) in [4.78, 5) is 16.8. The van der Waals surface area contributed by atoms with Crippen LogP contribution < -0.4 is 5.32 Å². The molecule has 1 rings (SSSR count). The minimum atomic E-state index is -0.619. The van der Waals surface area contributed by atoms with Gasteiger partial charge in [-0.15, -0.1) is 0 Å². The Balaban J connectivity index is 2.52. The second-order valence-corrected chi connectivity index (χ2v) is 5.46. The van der Waals surface area contributed by atoms with Gasteiger partial charge in [0.25, 0.3) is 5.91 Å². The van der Waals surface area contributed by atoms with Gasteiger partial charge < -0.3 is 10.2 Å². The Labute approximate surface area is 130 Å². The molecule has 0 aromatic heterocycles. The van der Waals surface area contributed by atoms with Crippen molar-refractivity contribution < 1.29 is 9.63 Å². The normalized spacial score (nSPS) is 13.5. The molecule has 0 aliphatic heterocycles. The highest BCUT2D eigenvalue weighted by Crippen LogP contribution is 2.10. The van der Waals surface area contributed by atoms with Crippen molar-refractivity contribution in [2.24, 2.45) is 5.16 Å². The minimum absolute atomic E-state index is 0.0819. The molecule has 1 unspecified atom stereocenters. The van der Waals surface area contributed by atoms with Gasteiger partial charge >= 0.3 is 0 Å². The summed E-state index contributed by atoms with van der Waals surface area (Å²) in [7, 11) is 0. The highest BCUT2D eigenvalue weighted by atomic mass is 35.5. The van der Waals surface area contributed by atoms with Crippen LogP contribution in [0.25, 0.3) is 6.08 Å². The van der Waals surface area contributed by atoms with Crippen LogP contribution in [0.1, 0.15) is 33.3 Å². The molecule has 0 aliphatic carbocycles. The second-order valence-electron chi connectivity index (χ2n) is 5.03. The molecular weight excluding hydrogens is 288 g/mol. The third-order valence-electron chi connectivity index (χ3n) is 2.54. The van der Waals surface area contributed by atoms with Crippen LogP contribution in [0.15, 0.2) is 35.5 Å². The van der Waals surface area contributed by atoms with Crippen molar-refractivity contribution in [2.45, 2.75) is 39.8 Å². The first-order valence-electron chi connectivity index (χ1n) is 6.83. The largest absolute Gasteiger partial charge is 0.382 e. The average Bonchev–Trinajstić information content (AvgIpc) is 2.43. The van der Waals surface area contributed by atoms with E-state index in [1.165, 1.54) is 0 Å². The molecule has 0 spiro atoms. The van der Waals surface area contributed by atoms with E-state index in [9.17, 15) is 4.79 Å². The Morgan fingerprint density at radius 1 is 1.29 bits per heavy atom. The number of hydrogen-bond acceptors (Lipinski definition) is 3. The van der Waals surface area contributed by atoms with Gasteiger partial charge in [-0.1, -0.05) is 35.0 Å². The minimum Gasteiger partial charge on any atom is -0.382 e. The maximum Gasteiger partial charge on any atom is 0.263 e. The second kappa shape index (κ2) is 8.47. The number of carbonyl (C=O) groups is 1. The van der Waals surface area contributed by atoms with Crippen LogP contribution in [-0.2, 0) is 9.63 Å². The molecule has 5 heteroatoms. The zero-order chi connectivity index (χ0) is 15.8. The molecule has 0 heterocycles. The van der Waals surface area contributed by atoms with E-state index in [0.717, 1.165) is 5.56 Å².